The summed E-state index contributed by atoms with van der Waals surface area (Å²) in [7, 11) is 1.54. The van der Waals surface area contributed by atoms with Gasteiger partial charge in [-0.25, -0.2) is 4.79 Å². The predicted octanol–water partition coefficient (Wildman–Crippen LogP) is 1.62. The van der Waals surface area contributed by atoms with Gasteiger partial charge in [-0.3, -0.25) is 0 Å². The number of hydrogen-bond acceptors (Lipinski definition) is 6. The molecule has 0 amide bonds. The quantitative estimate of drug-likeness (QED) is 0.730. The van der Waals surface area contributed by atoms with Crippen molar-refractivity contribution in [3.8, 4) is 10.8 Å². The van der Waals surface area contributed by atoms with Gasteiger partial charge < -0.3 is 4.74 Å². The van der Waals surface area contributed by atoms with Crippen molar-refractivity contribution in [1.82, 2.24) is 24.2 Å². The zero-order valence-corrected chi connectivity index (χ0v) is 13.2. The number of hydrogen-bond donors (Lipinski definition) is 0. The van der Waals surface area contributed by atoms with Crippen LogP contribution in [0, 0.1) is 13.8 Å². The molecule has 0 unspecified atom stereocenters. The summed E-state index contributed by atoms with van der Waals surface area (Å²) >= 11 is 1.19. The van der Waals surface area contributed by atoms with E-state index in [1.807, 2.05) is 13.8 Å². The number of para-hydroxylation sites is 1. The normalized spacial score (nSPS) is 11.5. The summed E-state index contributed by atoms with van der Waals surface area (Å²) in [6, 6.07) is 5.62. The molecular weight excluding hydrogens is 302 g/mol. The second kappa shape index (κ2) is 5.72. The van der Waals surface area contributed by atoms with E-state index in [0.717, 1.165) is 21.5 Å². The summed E-state index contributed by atoms with van der Waals surface area (Å²) in [5.74, 6) is 0.698. The summed E-state index contributed by atoms with van der Waals surface area (Å²) in [5.41, 5.74) is 2.14. The lowest BCUT2D eigenvalue weighted by Crippen LogP contribution is -2.22. The molecule has 0 radical (unpaired) electrons. The summed E-state index contributed by atoms with van der Waals surface area (Å²) in [5, 5.41) is 8.18. The molecule has 0 bridgehead atoms. The van der Waals surface area contributed by atoms with Crippen molar-refractivity contribution in [2.45, 2.75) is 20.5 Å². The van der Waals surface area contributed by atoms with E-state index in [1.54, 1.807) is 25.2 Å². The first-order chi connectivity index (χ1) is 11.0. The molecule has 114 valence electrons. The first-order valence-corrected chi connectivity index (χ1v) is 7.39. The van der Waals surface area contributed by atoms with Crippen molar-refractivity contribution >= 4 is 11.5 Å². The van der Waals surface area contributed by atoms with Gasteiger partial charge in [0.05, 0.1) is 7.06 Å². The molecule has 0 atom stereocenters. The predicted molar refractivity (Wildman–Crippen MR) is 82.5 cm³/mol. The third-order valence-corrected chi connectivity index (χ3v) is 4.23. The second-order valence-corrected chi connectivity index (χ2v) is 5.58. The largest absolute Gasteiger partial charge is 0.488 e. The van der Waals surface area contributed by atoms with E-state index in [0.29, 0.717) is 16.8 Å². The molecule has 1 aromatic carbocycles. The van der Waals surface area contributed by atoms with E-state index >= 15 is 0 Å². The monoisotopic (exact) mass is 319 g/mol. The summed E-state index contributed by atoms with van der Waals surface area (Å²) in [6.07, 6.45) is 0. The Morgan fingerprint density at radius 1 is 1.36 bits per heavy atom. The lowest BCUT2D eigenvalue weighted by Gasteiger charge is -2.09. The highest BCUT2D eigenvalue weighted by molar-refractivity contribution is 7.08. The maximum absolute atomic E-state index is 12.0. The van der Waals surface area contributed by atoms with Gasteiger partial charge in [-0.1, -0.05) is 18.2 Å². The number of aryl methyl sites for hydroxylation is 3. The Morgan fingerprint density at radius 3 is 2.86 bits per heavy atom. The van der Waals surface area contributed by atoms with Gasteiger partial charge >= 0.3 is 5.69 Å². The Bertz CT molecular complexity index is 914. The topological polar surface area (TPSA) is 74.8 Å². The van der Waals surface area contributed by atoms with Crippen molar-refractivity contribution in [3.63, 3.8) is 0 Å². The van der Waals surface area contributed by atoms with Gasteiger partial charge in [-0.2, -0.15) is 9.06 Å². The Labute approximate surface area is 132 Å². The van der Waals surface area contributed by atoms with Crippen molar-refractivity contribution in [2.75, 3.05) is 0 Å². The third kappa shape index (κ3) is 2.52. The van der Waals surface area contributed by atoms with Crippen molar-refractivity contribution in [3.05, 3.63) is 51.5 Å². The molecule has 7 nitrogen and oxygen atoms in total. The molecule has 3 rings (SSSR count). The van der Waals surface area contributed by atoms with E-state index in [2.05, 4.69) is 14.8 Å². The average molecular weight is 319 g/mol. The van der Waals surface area contributed by atoms with Crippen LogP contribution in [-0.2, 0) is 13.7 Å². The number of benzene rings is 1. The van der Waals surface area contributed by atoms with Crippen molar-refractivity contribution in [1.29, 1.82) is 0 Å². The smallest absolute Gasteiger partial charge is 0.369 e. The maximum Gasteiger partial charge on any atom is 0.369 e. The molecule has 8 heteroatoms. The highest BCUT2D eigenvalue weighted by Gasteiger charge is 2.17. The molecule has 3 aromatic rings. The average Bonchev–Trinajstić information content (AvgIpc) is 3.02. The fourth-order valence-electron chi connectivity index (χ4n) is 1.96. The lowest BCUT2D eigenvalue weighted by molar-refractivity contribution is 0.303. The molecule has 0 N–H and O–H groups in total. The van der Waals surface area contributed by atoms with Gasteiger partial charge in [0.15, 0.2) is 5.00 Å². The molecule has 22 heavy (non-hydrogen) atoms. The van der Waals surface area contributed by atoms with Crippen LogP contribution in [0.15, 0.2) is 29.0 Å². The minimum atomic E-state index is -0.329. The van der Waals surface area contributed by atoms with Crippen LogP contribution < -0.4 is 10.4 Å². The number of aromatic nitrogens is 5. The van der Waals surface area contributed by atoms with Gasteiger partial charge in [0.1, 0.15) is 12.4 Å². The number of nitrogens with zero attached hydrogens (tertiary/aromatic N) is 5. The molecule has 2 heterocycles. The second-order valence-electron chi connectivity index (χ2n) is 4.83. The Hall–Kier alpha value is -2.48. The fourth-order valence-corrected chi connectivity index (χ4v) is 2.80. The molecule has 0 fully saturated rings. The zero-order valence-electron chi connectivity index (χ0n) is 13.4. The minimum Gasteiger partial charge on any atom is -0.488 e. The zero-order chi connectivity index (χ0) is 16.6. The molecule has 0 spiro atoms. The first-order valence-electron chi connectivity index (χ1n) is 7.12. The minimum absolute atomic E-state index is 0.263. The Morgan fingerprint density at radius 2 is 2.18 bits per heavy atom. The van der Waals surface area contributed by atoms with Gasteiger partial charge in [-0.05, 0) is 47.4 Å². The van der Waals surface area contributed by atoms with Crippen LogP contribution in [0.1, 0.15) is 18.2 Å². The van der Waals surface area contributed by atoms with Gasteiger partial charge in [0.2, 0.25) is 0 Å². The molecule has 0 saturated heterocycles. The van der Waals surface area contributed by atoms with E-state index in [-0.39, 0.29) is 12.3 Å². The van der Waals surface area contributed by atoms with Crippen molar-refractivity contribution < 1.29 is 6.11 Å². The summed E-state index contributed by atoms with van der Waals surface area (Å²) < 4.78 is 20.1. The molecular formula is C14H15N5O2S. The fraction of sp³-hybridized carbons (Fsp3) is 0.286. The molecule has 2 aromatic heterocycles. The van der Waals surface area contributed by atoms with Crippen LogP contribution in [0.25, 0.3) is 5.00 Å². The van der Waals surface area contributed by atoms with E-state index in [1.165, 1.54) is 16.2 Å². The van der Waals surface area contributed by atoms with E-state index < -0.39 is 0 Å². The number of rotatable bonds is 4. The Kier molecular flexibility index (Phi) is 3.43. The number of tetrazole rings is 1. The van der Waals surface area contributed by atoms with Crippen LogP contribution >= 0.6 is 11.5 Å². The van der Waals surface area contributed by atoms with Crippen LogP contribution in [0.5, 0.6) is 5.75 Å². The summed E-state index contributed by atoms with van der Waals surface area (Å²) in [6.45, 7) is 4.01. The van der Waals surface area contributed by atoms with Crippen LogP contribution in [0.2, 0.25) is 0 Å². The van der Waals surface area contributed by atoms with Gasteiger partial charge in [0, 0.05) is 12.6 Å². The first kappa shape index (κ1) is 13.2. The standard InChI is InChI=1S/C14H15N5O2S/c1-9-6-4-5-7-12(9)21-8-11-10(2)15-22-13(11)19-14(20)18(3)16-17-19/h4-7H,8H2,1-3H3/i4T. The van der Waals surface area contributed by atoms with Crippen molar-refractivity contribution in [2.24, 2.45) is 7.05 Å². The maximum atomic E-state index is 12.0. The number of ether oxygens (including phenoxy) is 1. The SMILES string of the molecule is [3H]c1ccc(OCc2c(C)nsc2-n2nnn(C)c2=O)c(C)c1. The molecule has 0 aliphatic heterocycles. The van der Waals surface area contributed by atoms with Crippen LogP contribution in [0.3, 0.4) is 0 Å². The Balaban J connectivity index is 1.90. The summed E-state index contributed by atoms with van der Waals surface area (Å²) in [4.78, 5) is 12.0. The van der Waals surface area contributed by atoms with Gasteiger partial charge in [-0.15, -0.1) is 4.68 Å². The van der Waals surface area contributed by atoms with Crippen LogP contribution in [0.4, 0.5) is 0 Å². The van der Waals surface area contributed by atoms with E-state index in [4.69, 9.17) is 6.11 Å². The highest BCUT2D eigenvalue weighted by atomic mass is 32.1. The lowest BCUT2D eigenvalue weighted by atomic mass is 10.2. The molecule has 0 aliphatic carbocycles. The molecule has 0 aliphatic rings. The molecule has 0 saturated carbocycles. The third-order valence-electron chi connectivity index (χ3n) is 3.27. The van der Waals surface area contributed by atoms with Crippen LogP contribution in [-0.4, -0.2) is 24.2 Å². The van der Waals surface area contributed by atoms with E-state index in [9.17, 15) is 4.79 Å². The van der Waals surface area contributed by atoms with Gasteiger partial charge in [0.25, 0.3) is 0 Å². The highest BCUT2D eigenvalue weighted by Crippen LogP contribution is 2.24.